The van der Waals surface area contributed by atoms with E-state index in [-0.39, 0.29) is 18.4 Å². The van der Waals surface area contributed by atoms with Gasteiger partial charge in [0.2, 0.25) is 11.4 Å². The molecule has 0 unspecified atom stereocenters. The zero-order valence-electron chi connectivity index (χ0n) is 20.7. The highest BCUT2D eigenvalue weighted by Crippen LogP contribution is 2.47. The number of rotatable bonds is 6. The molecule has 0 amide bonds. The first-order valence-electron chi connectivity index (χ1n) is 12.0. The molecule has 6 heteroatoms. The van der Waals surface area contributed by atoms with Gasteiger partial charge in [-0.2, -0.15) is 0 Å². The summed E-state index contributed by atoms with van der Waals surface area (Å²) in [6, 6.07) is 24.9. The van der Waals surface area contributed by atoms with Crippen molar-refractivity contribution in [1.29, 1.82) is 0 Å². The molecule has 2 atom stereocenters. The molecule has 1 radical (unpaired) electrons. The number of ether oxygens (including phenoxy) is 1. The summed E-state index contributed by atoms with van der Waals surface area (Å²) in [5.74, 6) is -3.18. The van der Waals surface area contributed by atoms with Crippen molar-refractivity contribution in [2.24, 2.45) is 0 Å². The van der Waals surface area contributed by atoms with Crippen LogP contribution in [-0.4, -0.2) is 37.4 Å². The Morgan fingerprint density at radius 3 is 2.00 bits per heavy atom. The lowest BCUT2D eigenvalue weighted by Crippen LogP contribution is -2.65. The van der Waals surface area contributed by atoms with Crippen LogP contribution in [0.2, 0.25) is 0 Å². The average molecular weight is 490 g/mol. The van der Waals surface area contributed by atoms with Crippen LogP contribution in [0.4, 0.5) is 0 Å². The normalized spacial score (nSPS) is 22.0. The highest BCUT2D eigenvalue weighted by atomic mass is 28.3. The van der Waals surface area contributed by atoms with Gasteiger partial charge in [0.15, 0.2) is 0 Å². The molecule has 183 valence electrons. The number of benzene rings is 3. The average Bonchev–Trinajstić information content (AvgIpc) is 2.85. The first-order chi connectivity index (χ1) is 16.6. The van der Waals surface area contributed by atoms with Gasteiger partial charge in [-0.1, -0.05) is 99.6 Å². The van der Waals surface area contributed by atoms with E-state index in [0.717, 1.165) is 21.5 Å². The van der Waals surface area contributed by atoms with Crippen LogP contribution in [0.15, 0.2) is 78.9 Å². The third-order valence-electron chi connectivity index (χ3n) is 6.58. The second-order valence-electron chi connectivity index (χ2n) is 9.97. The Labute approximate surface area is 209 Å². The molecule has 0 spiro atoms. The van der Waals surface area contributed by atoms with E-state index < -0.39 is 26.4 Å². The fourth-order valence-electron chi connectivity index (χ4n) is 4.82. The fraction of sp³-hybridized carbons (Fsp3) is 0.345. The minimum absolute atomic E-state index is 0.0127. The van der Waals surface area contributed by atoms with Crippen LogP contribution in [0.3, 0.4) is 0 Å². The molecule has 0 saturated carbocycles. The standard InChI is InChI=1S/C29H33O5Si/c1-5-33-26(30)28(31)20-19-23-24(27(2,3)4)17-12-18-25(23)29(28,32)34-35(21-13-8-6-9-14-21)22-15-10-7-11-16-22/h6-18,31-32H,5,19-20H2,1-4H3/t28-,29-/m0/s1. The van der Waals surface area contributed by atoms with E-state index in [2.05, 4.69) is 20.8 Å². The zero-order valence-corrected chi connectivity index (χ0v) is 21.7. The van der Waals surface area contributed by atoms with Crippen molar-refractivity contribution in [2.45, 2.75) is 57.3 Å². The molecule has 2 N–H and O–H groups in total. The molecule has 0 saturated heterocycles. The largest absolute Gasteiger partial charge is 0.464 e. The van der Waals surface area contributed by atoms with Crippen LogP contribution >= 0.6 is 0 Å². The molecule has 4 rings (SSSR count). The predicted octanol–water partition coefficient (Wildman–Crippen LogP) is 3.19. The Morgan fingerprint density at radius 2 is 1.49 bits per heavy atom. The van der Waals surface area contributed by atoms with Crippen molar-refractivity contribution in [2.75, 3.05) is 6.61 Å². The van der Waals surface area contributed by atoms with Crippen LogP contribution < -0.4 is 10.4 Å². The summed E-state index contributed by atoms with van der Waals surface area (Å²) in [5, 5.41) is 26.0. The molecule has 1 aliphatic carbocycles. The summed E-state index contributed by atoms with van der Waals surface area (Å²) in [6.45, 7) is 8.09. The van der Waals surface area contributed by atoms with Gasteiger partial charge in [-0.25, -0.2) is 4.79 Å². The lowest BCUT2D eigenvalue weighted by Gasteiger charge is -2.47. The molecule has 0 aromatic heterocycles. The van der Waals surface area contributed by atoms with E-state index in [1.165, 1.54) is 0 Å². The summed E-state index contributed by atoms with van der Waals surface area (Å²) in [7, 11) is -2.08. The van der Waals surface area contributed by atoms with E-state index >= 15 is 0 Å². The van der Waals surface area contributed by atoms with E-state index in [9.17, 15) is 15.0 Å². The number of aliphatic hydroxyl groups is 2. The number of hydrogen-bond acceptors (Lipinski definition) is 5. The molecule has 35 heavy (non-hydrogen) atoms. The van der Waals surface area contributed by atoms with Gasteiger partial charge in [-0.3, -0.25) is 0 Å². The van der Waals surface area contributed by atoms with Crippen molar-refractivity contribution < 1.29 is 24.2 Å². The van der Waals surface area contributed by atoms with Crippen molar-refractivity contribution in [3.8, 4) is 0 Å². The Hall–Kier alpha value is -2.77. The van der Waals surface area contributed by atoms with E-state index in [0.29, 0.717) is 12.0 Å². The van der Waals surface area contributed by atoms with Crippen molar-refractivity contribution in [1.82, 2.24) is 0 Å². The minimum atomic E-state index is -2.30. The molecule has 3 aromatic rings. The van der Waals surface area contributed by atoms with Gasteiger partial charge < -0.3 is 19.4 Å². The fourth-order valence-corrected chi connectivity index (χ4v) is 6.95. The molecule has 0 heterocycles. The number of hydrogen-bond donors (Lipinski definition) is 2. The Balaban J connectivity index is 1.94. The van der Waals surface area contributed by atoms with Gasteiger partial charge in [0, 0.05) is 5.56 Å². The summed E-state index contributed by atoms with van der Waals surface area (Å²) in [6.07, 6.45) is 0.406. The minimum Gasteiger partial charge on any atom is -0.464 e. The Bertz CT molecular complexity index is 1140. The van der Waals surface area contributed by atoms with Crippen LogP contribution in [-0.2, 0) is 31.6 Å². The maximum absolute atomic E-state index is 13.2. The number of carbonyl (C=O) groups excluding carboxylic acids is 1. The van der Waals surface area contributed by atoms with Gasteiger partial charge in [-0.15, -0.1) is 0 Å². The molecule has 0 aliphatic heterocycles. The quantitative estimate of drug-likeness (QED) is 0.316. The highest BCUT2D eigenvalue weighted by Gasteiger charge is 2.62. The third-order valence-corrected chi connectivity index (χ3v) is 8.80. The maximum Gasteiger partial charge on any atom is 0.344 e. The molecular formula is C29H33O5Si. The van der Waals surface area contributed by atoms with Gasteiger partial charge >= 0.3 is 5.97 Å². The SMILES string of the molecule is CCOC(=O)[C@@]1(O)CCc2c(C(C)(C)C)cccc2[C@]1(O)O[Si](c1ccccc1)c1ccccc1. The molecule has 5 nitrogen and oxygen atoms in total. The Kier molecular flexibility index (Phi) is 7.02. The summed E-state index contributed by atoms with van der Waals surface area (Å²) < 4.78 is 11.9. The van der Waals surface area contributed by atoms with Crippen molar-refractivity contribution in [3.05, 3.63) is 95.6 Å². The summed E-state index contributed by atoms with van der Waals surface area (Å²) in [4.78, 5) is 13.2. The molecule has 0 fully saturated rings. The summed E-state index contributed by atoms with van der Waals surface area (Å²) in [5.41, 5.74) is -0.0826. The highest BCUT2D eigenvalue weighted by molar-refractivity contribution is 6.80. The van der Waals surface area contributed by atoms with Crippen molar-refractivity contribution in [3.63, 3.8) is 0 Å². The zero-order chi connectivity index (χ0) is 25.3. The van der Waals surface area contributed by atoms with Gasteiger partial charge in [0.1, 0.15) is 0 Å². The molecular weight excluding hydrogens is 456 g/mol. The molecule has 3 aromatic carbocycles. The summed E-state index contributed by atoms with van der Waals surface area (Å²) >= 11 is 0. The second kappa shape index (κ2) is 9.70. The van der Waals surface area contributed by atoms with Gasteiger partial charge in [0.25, 0.3) is 9.04 Å². The Morgan fingerprint density at radius 1 is 0.914 bits per heavy atom. The number of esters is 1. The van der Waals surface area contributed by atoms with E-state index in [1.807, 2.05) is 72.8 Å². The predicted molar refractivity (Wildman–Crippen MR) is 138 cm³/mol. The smallest absolute Gasteiger partial charge is 0.344 e. The van der Waals surface area contributed by atoms with Crippen LogP contribution in [0.5, 0.6) is 0 Å². The third kappa shape index (κ3) is 4.59. The maximum atomic E-state index is 13.2. The second-order valence-corrected chi connectivity index (χ2v) is 12.0. The molecule has 0 bridgehead atoms. The topological polar surface area (TPSA) is 76.0 Å². The monoisotopic (exact) mass is 489 g/mol. The lowest BCUT2D eigenvalue weighted by atomic mass is 9.70. The van der Waals surface area contributed by atoms with Crippen LogP contribution in [0.1, 0.15) is 50.8 Å². The van der Waals surface area contributed by atoms with E-state index in [1.54, 1.807) is 13.0 Å². The number of carbonyl (C=O) groups is 1. The van der Waals surface area contributed by atoms with Crippen LogP contribution in [0.25, 0.3) is 0 Å². The van der Waals surface area contributed by atoms with Crippen LogP contribution in [0, 0.1) is 0 Å². The number of fused-ring (bicyclic) bond motifs is 1. The van der Waals surface area contributed by atoms with E-state index in [4.69, 9.17) is 9.16 Å². The van der Waals surface area contributed by atoms with Crippen molar-refractivity contribution >= 4 is 25.4 Å². The first-order valence-corrected chi connectivity index (χ1v) is 13.4. The van der Waals surface area contributed by atoms with Gasteiger partial charge in [-0.05, 0) is 46.7 Å². The van der Waals surface area contributed by atoms with Gasteiger partial charge in [0.05, 0.1) is 6.61 Å². The first kappa shape index (κ1) is 25.3. The lowest BCUT2D eigenvalue weighted by molar-refractivity contribution is -0.276. The molecule has 1 aliphatic rings.